The fraction of sp³-hybridized carbons (Fsp3) is 0.167. The molecule has 5 nitrogen and oxygen atoms in total. The molecule has 0 atom stereocenters. The lowest BCUT2D eigenvalue weighted by molar-refractivity contribution is -0.128. The zero-order chi connectivity index (χ0) is 18.5. The van der Waals surface area contributed by atoms with Gasteiger partial charge in [-0.25, -0.2) is 8.42 Å². The fourth-order valence-electron chi connectivity index (χ4n) is 3.13. The van der Waals surface area contributed by atoms with E-state index in [1.807, 2.05) is 18.2 Å². The average molecular weight is 407 g/mol. The summed E-state index contributed by atoms with van der Waals surface area (Å²) in [6.45, 7) is 0.160. The molecule has 0 saturated heterocycles. The number of likely N-dealkylation sites (N-methyl/N-ethyl adjacent to an activating group) is 1. The lowest BCUT2D eigenvalue weighted by Crippen LogP contribution is -2.39. The fourth-order valence-corrected chi connectivity index (χ4v) is 5.93. The lowest BCUT2D eigenvalue weighted by Gasteiger charge is -2.22. The molecule has 134 valence electrons. The third kappa shape index (κ3) is 2.76. The highest BCUT2D eigenvalue weighted by Gasteiger charge is 2.37. The number of hydrogen-bond donors (Lipinski definition) is 0. The Labute approximate surface area is 160 Å². The number of rotatable bonds is 4. The van der Waals surface area contributed by atoms with Crippen LogP contribution in [0, 0.1) is 0 Å². The molecule has 0 aliphatic carbocycles. The molecule has 0 spiro atoms. The van der Waals surface area contributed by atoms with Crippen LogP contribution < -0.4 is 4.31 Å². The predicted octanol–water partition coefficient (Wildman–Crippen LogP) is 3.72. The van der Waals surface area contributed by atoms with E-state index in [1.54, 1.807) is 37.4 Å². The highest BCUT2D eigenvalue weighted by molar-refractivity contribution is 7.93. The minimum absolute atomic E-state index is 0.230. The molecule has 1 amide bonds. The Kier molecular flexibility index (Phi) is 4.17. The van der Waals surface area contributed by atoms with Crippen LogP contribution in [-0.2, 0) is 21.4 Å². The number of anilines is 1. The second kappa shape index (κ2) is 6.26. The zero-order valence-corrected chi connectivity index (χ0v) is 16.2. The molecule has 4 rings (SSSR count). The molecule has 0 bridgehead atoms. The molecular weight excluding hydrogens is 392 g/mol. The molecule has 0 saturated carbocycles. The first-order valence-electron chi connectivity index (χ1n) is 7.90. The van der Waals surface area contributed by atoms with E-state index in [1.165, 1.54) is 20.5 Å². The molecule has 2 aromatic carbocycles. The summed E-state index contributed by atoms with van der Waals surface area (Å²) in [4.78, 5) is 15.4. The zero-order valence-electron chi connectivity index (χ0n) is 13.8. The van der Waals surface area contributed by atoms with E-state index in [9.17, 15) is 13.2 Å². The van der Waals surface area contributed by atoms with Crippen LogP contribution in [0.25, 0.3) is 10.8 Å². The Morgan fingerprint density at radius 1 is 1.15 bits per heavy atom. The van der Waals surface area contributed by atoms with Gasteiger partial charge in [-0.1, -0.05) is 35.9 Å². The maximum Gasteiger partial charge on any atom is 0.265 e. The molecule has 1 aromatic heterocycles. The van der Waals surface area contributed by atoms with Gasteiger partial charge in [0.05, 0.1) is 21.5 Å². The second-order valence-electron chi connectivity index (χ2n) is 6.10. The Morgan fingerprint density at radius 2 is 1.88 bits per heavy atom. The normalized spacial score (nSPS) is 14.8. The summed E-state index contributed by atoms with van der Waals surface area (Å²) < 4.78 is 27.7. The van der Waals surface area contributed by atoms with E-state index in [0.717, 1.165) is 10.3 Å². The highest BCUT2D eigenvalue weighted by atomic mass is 35.5. The maximum atomic E-state index is 12.9. The van der Waals surface area contributed by atoms with Crippen molar-refractivity contribution >= 4 is 55.3 Å². The summed E-state index contributed by atoms with van der Waals surface area (Å²) in [7, 11) is -2.07. The van der Waals surface area contributed by atoms with Crippen molar-refractivity contribution in [2.75, 3.05) is 17.9 Å². The number of carbonyl (C=O) groups excluding carboxylic acids is 1. The third-order valence-electron chi connectivity index (χ3n) is 4.41. The first-order chi connectivity index (χ1) is 12.4. The standard InChI is InChI=1S/C18H15ClN2O3S2/c1-20(10-13-8-9-16(19)25-13)17(22)11-21-14-6-2-4-12-5-3-7-15(18(12)14)26(21,23)24/h2-9H,10-11H2,1H3. The topological polar surface area (TPSA) is 57.7 Å². The third-order valence-corrected chi connectivity index (χ3v) is 7.43. The Hall–Kier alpha value is -2.09. The number of sulfonamides is 1. The first kappa shape index (κ1) is 17.3. The van der Waals surface area contributed by atoms with E-state index >= 15 is 0 Å². The summed E-state index contributed by atoms with van der Waals surface area (Å²) >= 11 is 7.32. The van der Waals surface area contributed by atoms with Gasteiger partial charge >= 0.3 is 0 Å². The number of carbonyl (C=O) groups is 1. The summed E-state index contributed by atoms with van der Waals surface area (Å²) in [5.41, 5.74) is 0.555. The van der Waals surface area contributed by atoms with E-state index in [2.05, 4.69) is 0 Å². The maximum absolute atomic E-state index is 12.9. The largest absolute Gasteiger partial charge is 0.339 e. The smallest absolute Gasteiger partial charge is 0.265 e. The molecule has 1 aliphatic rings. The van der Waals surface area contributed by atoms with Crippen molar-refractivity contribution in [1.29, 1.82) is 0 Å². The van der Waals surface area contributed by atoms with Gasteiger partial charge in [-0.3, -0.25) is 9.10 Å². The number of thiophene rings is 1. The molecule has 0 N–H and O–H groups in total. The minimum Gasteiger partial charge on any atom is -0.339 e. The molecular formula is C18H15ClN2O3S2. The molecule has 26 heavy (non-hydrogen) atoms. The van der Waals surface area contributed by atoms with Crippen molar-refractivity contribution in [3.63, 3.8) is 0 Å². The Bertz CT molecular complexity index is 1120. The molecule has 1 aliphatic heterocycles. The summed E-state index contributed by atoms with van der Waals surface area (Å²) in [5, 5.41) is 1.52. The quantitative estimate of drug-likeness (QED) is 0.663. The van der Waals surface area contributed by atoms with Crippen molar-refractivity contribution in [1.82, 2.24) is 4.90 Å². The van der Waals surface area contributed by atoms with Crippen LogP contribution in [0.15, 0.2) is 53.4 Å². The van der Waals surface area contributed by atoms with Crippen molar-refractivity contribution in [3.8, 4) is 0 Å². The molecule has 3 aromatic rings. The number of nitrogens with zero attached hydrogens (tertiary/aromatic N) is 2. The van der Waals surface area contributed by atoms with Gasteiger partial charge in [-0.2, -0.15) is 0 Å². The van der Waals surface area contributed by atoms with E-state index in [-0.39, 0.29) is 17.3 Å². The van der Waals surface area contributed by atoms with Crippen molar-refractivity contribution in [2.45, 2.75) is 11.4 Å². The summed E-state index contributed by atoms with van der Waals surface area (Å²) in [5.74, 6) is -0.275. The summed E-state index contributed by atoms with van der Waals surface area (Å²) in [6.07, 6.45) is 0. The van der Waals surface area contributed by atoms with Gasteiger partial charge in [0.1, 0.15) is 6.54 Å². The number of benzene rings is 2. The Morgan fingerprint density at radius 3 is 2.58 bits per heavy atom. The molecule has 8 heteroatoms. The average Bonchev–Trinajstić information content (AvgIpc) is 3.11. The molecule has 2 heterocycles. The Balaban J connectivity index is 1.62. The van der Waals surface area contributed by atoms with Crippen LogP contribution in [0.5, 0.6) is 0 Å². The van der Waals surface area contributed by atoms with Gasteiger partial charge in [0.25, 0.3) is 10.0 Å². The van der Waals surface area contributed by atoms with Gasteiger partial charge in [0, 0.05) is 17.3 Å². The van der Waals surface area contributed by atoms with Gasteiger partial charge in [0.2, 0.25) is 5.91 Å². The number of halogens is 1. The highest BCUT2D eigenvalue weighted by Crippen LogP contribution is 2.41. The SMILES string of the molecule is CN(Cc1ccc(Cl)s1)C(=O)CN1c2cccc3cccc(c23)S1(=O)=O. The van der Waals surface area contributed by atoms with Crippen molar-refractivity contribution in [2.24, 2.45) is 0 Å². The van der Waals surface area contributed by atoms with Crippen LogP contribution in [-0.4, -0.2) is 32.8 Å². The van der Waals surface area contributed by atoms with Crippen molar-refractivity contribution in [3.05, 3.63) is 57.7 Å². The van der Waals surface area contributed by atoms with Crippen LogP contribution in [0.4, 0.5) is 5.69 Å². The molecule has 0 fully saturated rings. The number of hydrogen-bond acceptors (Lipinski definition) is 4. The van der Waals surface area contributed by atoms with Crippen LogP contribution in [0.3, 0.4) is 0 Å². The second-order valence-corrected chi connectivity index (χ2v) is 9.73. The van der Waals surface area contributed by atoms with Gasteiger partial charge in [0.15, 0.2) is 0 Å². The summed E-state index contributed by atoms with van der Waals surface area (Å²) in [6, 6.07) is 14.2. The van der Waals surface area contributed by atoms with Crippen LogP contribution >= 0.6 is 22.9 Å². The van der Waals surface area contributed by atoms with E-state index in [0.29, 0.717) is 22.0 Å². The molecule has 0 unspecified atom stereocenters. The lowest BCUT2D eigenvalue weighted by atomic mass is 10.1. The van der Waals surface area contributed by atoms with Gasteiger partial charge < -0.3 is 4.90 Å². The predicted molar refractivity (Wildman–Crippen MR) is 104 cm³/mol. The first-order valence-corrected chi connectivity index (χ1v) is 10.5. The van der Waals surface area contributed by atoms with E-state index < -0.39 is 10.0 Å². The van der Waals surface area contributed by atoms with E-state index in [4.69, 9.17) is 11.6 Å². The minimum atomic E-state index is -3.73. The number of amides is 1. The van der Waals surface area contributed by atoms with Crippen molar-refractivity contribution < 1.29 is 13.2 Å². The monoisotopic (exact) mass is 406 g/mol. The molecule has 0 radical (unpaired) electrons. The van der Waals surface area contributed by atoms with Gasteiger partial charge in [-0.05, 0) is 29.7 Å². The van der Waals surface area contributed by atoms with Crippen LogP contribution in [0.1, 0.15) is 4.88 Å². The van der Waals surface area contributed by atoms with Crippen LogP contribution in [0.2, 0.25) is 4.34 Å². The van der Waals surface area contributed by atoms with Gasteiger partial charge in [-0.15, -0.1) is 11.3 Å².